The van der Waals surface area contributed by atoms with Crippen LogP contribution >= 0.6 is 15.9 Å². The van der Waals surface area contributed by atoms with Gasteiger partial charge in [-0.05, 0) is 24.5 Å². The summed E-state index contributed by atoms with van der Waals surface area (Å²) in [5.74, 6) is 0.688. The molecule has 0 radical (unpaired) electrons. The summed E-state index contributed by atoms with van der Waals surface area (Å²) in [5.41, 5.74) is 2.14. The van der Waals surface area contributed by atoms with E-state index in [1.165, 1.54) is 11.6 Å². The molecule has 0 amide bonds. The van der Waals surface area contributed by atoms with Gasteiger partial charge >= 0.3 is 0 Å². The molecule has 0 aromatic heterocycles. The largest absolute Gasteiger partial charge is 0.496 e. The fraction of sp³-hybridized carbons (Fsp3) is 0.250. The molecule has 2 aromatic rings. The lowest BCUT2D eigenvalue weighted by molar-refractivity contribution is -0.384. The molecular weight excluding hydrogens is 334 g/mol. The summed E-state index contributed by atoms with van der Waals surface area (Å²) in [4.78, 5) is 10.7. The van der Waals surface area contributed by atoms with Crippen molar-refractivity contribution in [2.45, 2.75) is 17.7 Å². The first-order valence-electron chi connectivity index (χ1n) is 6.62. The van der Waals surface area contributed by atoms with Gasteiger partial charge in [0, 0.05) is 22.5 Å². The first-order valence-corrected chi connectivity index (χ1v) is 7.53. The van der Waals surface area contributed by atoms with Crippen molar-refractivity contribution in [2.24, 2.45) is 0 Å². The number of hydrogen-bond acceptors (Lipinski definition) is 3. The Bertz CT molecular complexity index is 616. The van der Waals surface area contributed by atoms with Crippen LogP contribution < -0.4 is 4.74 Å². The highest BCUT2D eigenvalue weighted by Crippen LogP contribution is 2.31. The zero-order valence-corrected chi connectivity index (χ0v) is 13.2. The van der Waals surface area contributed by atoms with Gasteiger partial charge in [-0.3, -0.25) is 10.1 Å². The number of ether oxygens (including phenoxy) is 1. The van der Waals surface area contributed by atoms with Crippen LogP contribution in [0.25, 0.3) is 0 Å². The molecule has 110 valence electrons. The molecule has 4 nitrogen and oxygen atoms in total. The number of nitro groups is 1. The molecule has 0 fully saturated rings. The van der Waals surface area contributed by atoms with E-state index in [1.807, 2.05) is 18.2 Å². The van der Waals surface area contributed by atoms with E-state index < -0.39 is 0 Å². The Labute approximate surface area is 132 Å². The number of methoxy groups -OCH3 is 1. The monoisotopic (exact) mass is 349 g/mol. The molecule has 0 heterocycles. The van der Waals surface area contributed by atoms with Crippen molar-refractivity contribution in [3.8, 4) is 5.75 Å². The summed E-state index contributed by atoms with van der Waals surface area (Å²) < 4.78 is 5.28. The van der Waals surface area contributed by atoms with Gasteiger partial charge in [0.25, 0.3) is 5.69 Å². The molecular formula is C16H16BrNO3. The minimum Gasteiger partial charge on any atom is -0.496 e. The Morgan fingerprint density at radius 1 is 1.24 bits per heavy atom. The van der Waals surface area contributed by atoms with E-state index in [1.54, 1.807) is 19.2 Å². The van der Waals surface area contributed by atoms with Crippen LogP contribution in [-0.2, 0) is 6.42 Å². The molecule has 0 saturated carbocycles. The molecule has 0 saturated heterocycles. The predicted molar refractivity (Wildman–Crippen MR) is 86.1 cm³/mol. The molecule has 5 heteroatoms. The van der Waals surface area contributed by atoms with Crippen molar-refractivity contribution in [2.75, 3.05) is 7.11 Å². The van der Waals surface area contributed by atoms with Gasteiger partial charge in [-0.25, -0.2) is 0 Å². The molecule has 21 heavy (non-hydrogen) atoms. The van der Waals surface area contributed by atoms with Crippen molar-refractivity contribution in [3.05, 3.63) is 69.8 Å². The zero-order chi connectivity index (χ0) is 15.2. The molecule has 1 unspecified atom stereocenters. The SMILES string of the molecule is COc1ccc([N+](=O)[O-])cc1CCC(Br)c1ccccc1. The number of alkyl halides is 1. The van der Waals surface area contributed by atoms with Crippen molar-refractivity contribution >= 4 is 21.6 Å². The Morgan fingerprint density at radius 3 is 2.57 bits per heavy atom. The fourth-order valence-corrected chi connectivity index (χ4v) is 2.72. The summed E-state index contributed by atoms with van der Waals surface area (Å²) >= 11 is 3.66. The van der Waals surface area contributed by atoms with Gasteiger partial charge in [0.2, 0.25) is 0 Å². The molecule has 0 bridgehead atoms. The van der Waals surface area contributed by atoms with Crippen LogP contribution in [0.3, 0.4) is 0 Å². The average Bonchev–Trinajstić information content (AvgIpc) is 2.53. The van der Waals surface area contributed by atoms with Crippen LogP contribution in [-0.4, -0.2) is 12.0 Å². The third kappa shape index (κ3) is 4.04. The quantitative estimate of drug-likeness (QED) is 0.432. The number of non-ortho nitro benzene ring substituents is 1. The maximum absolute atomic E-state index is 10.9. The number of nitrogens with zero attached hydrogens (tertiary/aromatic N) is 1. The highest BCUT2D eigenvalue weighted by Gasteiger charge is 2.13. The fourth-order valence-electron chi connectivity index (χ4n) is 2.18. The minimum atomic E-state index is -0.383. The van der Waals surface area contributed by atoms with Gasteiger partial charge in [-0.2, -0.15) is 0 Å². The number of halogens is 1. The van der Waals surface area contributed by atoms with Crippen LogP contribution in [0.2, 0.25) is 0 Å². The molecule has 0 aliphatic rings. The standard InChI is InChI=1S/C16H16BrNO3/c1-21-16-10-8-14(18(19)20)11-13(16)7-9-15(17)12-5-3-2-4-6-12/h2-6,8,10-11,15H,7,9H2,1H3. The van der Waals surface area contributed by atoms with Crippen molar-refractivity contribution in [3.63, 3.8) is 0 Å². The van der Waals surface area contributed by atoms with E-state index >= 15 is 0 Å². The Kier molecular flexibility index (Phi) is 5.33. The highest BCUT2D eigenvalue weighted by molar-refractivity contribution is 9.09. The number of aryl methyl sites for hydroxylation is 1. The molecule has 2 aromatic carbocycles. The van der Waals surface area contributed by atoms with E-state index in [2.05, 4.69) is 28.1 Å². The lowest BCUT2D eigenvalue weighted by Gasteiger charge is -2.12. The Morgan fingerprint density at radius 2 is 1.95 bits per heavy atom. The second-order valence-electron chi connectivity index (χ2n) is 4.67. The topological polar surface area (TPSA) is 52.4 Å². The number of nitro benzene ring substituents is 1. The van der Waals surface area contributed by atoms with Crippen LogP contribution in [0.1, 0.15) is 22.4 Å². The molecule has 0 aliphatic heterocycles. The summed E-state index contributed by atoms with van der Waals surface area (Å²) in [6.07, 6.45) is 1.54. The molecule has 0 N–H and O–H groups in total. The molecule has 1 atom stereocenters. The van der Waals surface area contributed by atoms with Gasteiger partial charge in [0.15, 0.2) is 0 Å². The van der Waals surface area contributed by atoms with Gasteiger partial charge in [-0.15, -0.1) is 0 Å². The van der Waals surface area contributed by atoms with Crippen molar-refractivity contribution in [1.29, 1.82) is 0 Å². The van der Waals surface area contributed by atoms with Crippen LogP contribution in [0.5, 0.6) is 5.75 Å². The maximum atomic E-state index is 10.9. The van der Waals surface area contributed by atoms with E-state index in [4.69, 9.17) is 4.74 Å². The molecule has 0 spiro atoms. The van der Waals surface area contributed by atoms with Gasteiger partial charge in [0.05, 0.1) is 12.0 Å². The normalized spacial score (nSPS) is 11.9. The predicted octanol–water partition coefficient (Wildman–Crippen LogP) is 4.67. The van der Waals surface area contributed by atoms with Gasteiger partial charge in [0.1, 0.15) is 5.75 Å². The van der Waals surface area contributed by atoms with E-state index in [0.717, 1.165) is 12.0 Å². The number of benzene rings is 2. The number of hydrogen-bond donors (Lipinski definition) is 0. The minimum absolute atomic E-state index is 0.0941. The summed E-state index contributed by atoms with van der Waals surface area (Å²) in [5, 5.41) is 10.9. The van der Waals surface area contributed by atoms with Gasteiger partial charge in [-0.1, -0.05) is 46.3 Å². The summed E-state index contributed by atoms with van der Waals surface area (Å²) in [7, 11) is 1.58. The van der Waals surface area contributed by atoms with Crippen molar-refractivity contribution < 1.29 is 9.66 Å². The van der Waals surface area contributed by atoms with E-state index in [-0.39, 0.29) is 15.4 Å². The third-order valence-corrected chi connectivity index (χ3v) is 4.29. The Balaban J connectivity index is 2.11. The molecule has 0 aliphatic carbocycles. The first-order chi connectivity index (χ1) is 10.1. The van der Waals surface area contributed by atoms with E-state index in [9.17, 15) is 10.1 Å². The average molecular weight is 350 g/mol. The second kappa shape index (κ2) is 7.22. The van der Waals surface area contributed by atoms with Crippen LogP contribution in [0.4, 0.5) is 5.69 Å². The lowest BCUT2D eigenvalue weighted by Crippen LogP contribution is -1.98. The summed E-state index contributed by atoms with van der Waals surface area (Å²) in [6, 6.07) is 14.8. The van der Waals surface area contributed by atoms with Crippen LogP contribution in [0.15, 0.2) is 48.5 Å². The maximum Gasteiger partial charge on any atom is 0.269 e. The highest BCUT2D eigenvalue weighted by atomic mass is 79.9. The zero-order valence-electron chi connectivity index (χ0n) is 11.7. The van der Waals surface area contributed by atoms with Crippen molar-refractivity contribution in [1.82, 2.24) is 0 Å². The second-order valence-corrected chi connectivity index (χ2v) is 5.78. The third-order valence-electron chi connectivity index (χ3n) is 3.30. The van der Waals surface area contributed by atoms with Gasteiger partial charge < -0.3 is 4.74 Å². The lowest BCUT2D eigenvalue weighted by atomic mass is 10.0. The number of rotatable bonds is 6. The smallest absolute Gasteiger partial charge is 0.269 e. The van der Waals surface area contributed by atoms with E-state index in [0.29, 0.717) is 12.2 Å². The van der Waals surface area contributed by atoms with Crippen LogP contribution in [0, 0.1) is 10.1 Å². The molecule has 2 rings (SSSR count). The Hall–Kier alpha value is -1.88. The first kappa shape index (κ1) is 15.5. The summed E-state index contributed by atoms with van der Waals surface area (Å²) in [6.45, 7) is 0.